The summed E-state index contributed by atoms with van der Waals surface area (Å²) in [6, 6.07) is -0.113. The van der Waals surface area contributed by atoms with Gasteiger partial charge in [-0.3, -0.25) is 9.59 Å². The number of carbonyl (C=O) groups is 2. The lowest BCUT2D eigenvalue weighted by atomic mass is 10.1. The van der Waals surface area contributed by atoms with Crippen LogP contribution in [0.4, 0.5) is 4.79 Å². The van der Waals surface area contributed by atoms with Crippen LogP contribution in [0.2, 0.25) is 0 Å². The highest BCUT2D eigenvalue weighted by molar-refractivity contribution is 8.13. The fourth-order valence-electron chi connectivity index (χ4n) is 2.29. The summed E-state index contributed by atoms with van der Waals surface area (Å²) in [5, 5.41) is 14.4. The lowest BCUT2D eigenvalue weighted by Gasteiger charge is -2.22. The Hall–Kier alpha value is -1.48. The summed E-state index contributed by atoms with van der Waals surface area (Å²) in [7, 11) is 1.68. The van der Waals surface area contributed by atoms with E-state index in [1.807, 2.05) is 0 Å². The Kier molecular flexibility index (Phi) is 6.32. The SMILES string of the molecule is CCCCN(CC(=O)[C@@H]1CCCN1)C(=O)Sc1nnnn1C. The summed E-state index contributed by atoms with van der Waals surface area (Å²) in [6.07, 6.45) is 3.71. The molecule has 0 radical (unpaired) electrons. The van der Waals surface area contributed by atoms with Gasteiger partial charge < -0.3 is 10.2 Å². The molecule has 2 heterocycles. The zero-order chi connectivity index (χ0) is 15.9. The number of Topliss-reactive ketones (excluding diaryl/α,β-unsaturated/α-hetero) is 1. The standard InChI is InChI=1S/C13H22N6O2S/c1-3-4-8-19(9-11(20)10-6-5-7-14-10)13(21)22-12-15-16-17-18(12)2/h10,14H,3-9H2,1-2H3/t10-/m0/s1. The van der Waals surface area contributed by atoms with Crippen LogP contribution in [0, 0.1) is 0 Å². The molecule has 8 nitrogen and oxygen atoms in total. The number of nitrogens with zero attached hydrogens (tertiary/aromatic N) is 5. The number of carbonyl (C=O) groups excluding carboxylic acids is 2. The number of tetrazole rings is 1. The molecule has 22 heavy (non-hydrogen) atoms. The Balaban J connectivity index is 1.96. The van der Waals surface area contributed by atoms with Crippen LogP contribution in [0.15, 0.2) is 5.16 Å². The van der Waals surface area contributed by atoms with E-state index in [2.05, 4.69) is 27.8 Å². The quantitative estimate of drug-likeness (QED) is 0.742. The largest absolute Gasteiger partial charge is 0.326 e. The summed E-state index contributed by atoms with van der Waals surface area (Å²) >= 11 is 0.961. The molecule has 1 N–H and O–H groups in total. The van der Waals surface area contributed by atoms with Gasteiger partial charge in [0.2, 0.25) is 5.16 Å². The molecule has 0 saturated carbocycles. The van der Waals surface area contributed by atoms with Crippen molar-refractivity contribution in [1.82, 2.24) is 30.4 Å². The van der Waals surface area contributed by atoms with Gasteiger partial charge in [0.15, 0.2) is 5.78 Å². The van der Waals surface area contributed by atoms with Crippen LogP contribution in [0.5, 0.6) is 0 Å². The maximum Gasteiger partial charge on any atom is 0.289 e. The van der Waals surface area contributed by atoms with E-state index in [-0.39, 0.29) is 23.6 Å². The zero-order valence-electron chi connectivity index (χ0n) is 13.0. The monoisotopic (exact) mass is 326 g/mol. The molecule has 0 bridgehead atoms. The molecule has 1 fully saturated rings. The van der Waals surface area contributed by atoms with E-state index in [9.17, 15) is 9.59 Å². The van der Waals surface area contributed by atoms with Crippen LogP contribution in [0.1, 0.15) is 32.6 Å². The van der Waals surface area contributed by atoms with Crippen LogP contribution < -0.4 is 5.32 Å². The van der Waals surface area contributed by atoms with E-state index in [1.54, 1.807) is 11.9 Å². The molecule has 1 aromatic heterocycles. The highest BCUT2D eigenvalue weighted by Crippen LogP contribution is 2.18. The first-order chi connectivity index (χ1) is 10.6. The third-order valence-corrected chi connectivity index (χ3v) is 4.56. The van der Waals surface area contributed by atoms with Crippen molar-refractivity contribution in [3.63, 3.8) is 0 Å². The van der Waals surface area contributed by atoms with Crippen LogP contribution in [0.25, 0.3) is 0 Å². The van der Waals surface area contributed by atoms with Gasteiger partial charge in [0.05, 0.1) is 12.6 Å². The third kappa shape index (κ3) is 4.51. The smallest absolute Gasteiger partial charge is 0.289 e. The minimum Gasteiger partial charge on any atom is -0.326 e. The first-order valence-electron chi connectivity index (χ1n) is 7.57. The number of amides is 1. The average molecular weight is 326 g/mol. The minimum absolute atomic E-state index is 0.0821. The summed E-state index contributed by atoms with van der Waals surface area (Å²) in [4.78, 5) is 26.3. The Bertz CT molecular complexity index is 514. The van der Waals surface area contributed by atoms with Crippen LogP contribution >= 0.6 is 11.8 Å². The summed E-state index contributed by atoms with van der Waals surface area (Å²) < 4.78 is 1.45. The molecule has 1 aliphatic heterocycles. The van der Waals surface area contributed by atoms with E-state index in [1.165, 1.54) is 4.68 Å². The fourth-order valence-corrected chi connectivity index (χ4v) is 2.98. The van der Waals surface area contributed by atoms with E-state index >= 15 is 0 Å². The van der Waals surface area contributed by atoms with Crippen LogP contribution in [-0.4, -0.2) is 61.8 Å². The Morgan fingerprint density at radius 2 is 2.32 bits per heavy atom. The van der Waals surface area contributed by atoms with Gasteiger partial charge in [0.1, 0.15) is 0 Å². The van der Waals surface area contributed by atoms with E-state index in [4.69, 9.17) is 0 Å². The molecule has 0 unspecified atom stereocenters. The van der Waals surface area contributed by atoms with Crippen molar-refractivity contribution < 1.29 is 9.59 Å². The molecule has 122 valence electrons. The van der Waals surface area contributed by atoms with Gasteiger partial charge >= 0.3 is 0 Å². The Labute approximate surface area is 134 Å². The van der Waals surface area contributed by atoms with Crippen molar-refractivity contribution in [2.24, 2.45) is 7.05 Å². The van der Waals surface area contributed by atoms with Gasteiger partial charge in [-0.1, -0.05) is 13.3 Å². The molecule has 0 aliphatic carbocycles. The summed E-state index contributed by atoms with van der Waals surface area (Å²) in [5.41, 5.74) is 0. The van der Waals surface area contributed by atoms with Crippen molar-refractivity contribution in [2.45, 2.75) is 43.8 Å². The molecule has 0 aromatic carbocycles. The van der Waals surface area contributed by atoms with Crippen molar-refractivity contribution in [3.8, 4) is 0 Å². The highest BCUT2D eigenvalue weighted by atomic mass is 32.2. The number of hydrogen-bond acceptors (Lipinski definition) is 7. The number of aryl methyl sites for hydroxylation is 1. The third-order valence-electron chi connectivity index (χ3n) is 3.60. The normalized spacial score (nSPS) is 17.6. The molecule has 0 spiro atoms. The molecular formula is C13H22N6O2S. The number of thioether (sulfide) groups is 1. The summed E-state index contributed by atoms with van der Waals surface area (Å²) in [5.74, 6) is 0.0821. The predicted molar refractivity (Wildman–Crippen MR) is 82.6 cm³/mol. The molecule has 2 rings (SSSR count). The molecule has 1 amide bonds. The fraction of sp³-hybridized carbons (Fsp3) is 0.769. The average Bonchev–Trinajstić information content (AvgIpc) is 3.15. The Morgan fingerprint density at radius 3 is 2.91 bits per heavy atom. The first-order valence-corrected chi connectivity index (χ1v) is 8.38. The number of hydrogen-bond donors (Lipinski definition) is 1. The van der Waals surface area contributed by atoms with Crippen molar-refractivity contribution in [1.29, 1.82) is 0 Å². The number of ketones is 1. The molecule has 1 aromatic rings. The molecular weight excluding hydrogens is 304 g/mol. The van der Waals surface area contributed by atoms with Gasteiger partial charge in [0.25, 0.3) is 5.24 Å². The van der Waals surface area contributed by atoms with Crippen molar-refractivity contribution >= 4 is 22.8 Å². The number of rotatable bonds is 7. The van der Waals surface area contributed by atoms with Crippen LogP contribution in [-0.2, 0) is 11.8 Å². The molecule has 1 atom stereocenters. The topological polar surface area (TPSA) is 93.0 Å². The molecule has 1 saturated heterocycles. The zero-order valence-corrected chi connectivity index (χ0v) is 13.8. The van der Waals surface area contributed by atoms with E-state index in [0.717, 1.165) is 44.0 Å². The number of nitrogens with one attached hydrogen (secondary N) is 1. The maximum atomic E-state index is 12.4. The Morgan fingerprint density at radius 1 is 1.50 bits per heavy atom. The van der Waals surface area contributed by atoms with Crippen molar-refractivity contribution in [3.05, 3.63) is 0 Å². The lowest BCUT2D eigenvalue weighted by molar-refractivity contribution is -0.121. The van der Waals surface area contributed by atoms with Gasteiger partial charge in [-0.25, -0.2) is 4.68 Å². The van der Waals surface area contributed by atoms with Crippen molar-refractivity contribution in [2.75, 3.05) is 19.6 Å². The lowest BCUT2D eigenvalue weighted by Crippen LogP contribution is -2.41. The van der Waals surface area contributed by atoms with E-state index < -0.39 is 0 Å². The first kappa shape index (κ1) is 16.9. The predicted octanol–water partition coefficient (Wildman–Crippen LogP) is 0.845. The van der Waals surface area contributed by atoms with Gasteiger partial charge in [-0.2, -0.15) is 0 Å². The second-order valence-electron chi connectivity index (χ2n) is 5.34. The number of unbranched alkanes of at least 4 members (excludes halogenated alkanes) is 1. The highest BCUT2D eigenvalue weighted by Gasteiger charge is 2.26. The van der Waals surface area contributed by atoms with Gasteiger partial charge in [-0.15, -0.1) is 5.10 Å². The number of aromatic nitrogens is 4. The van der Waals surface area contributed by atoms with Gasteiger partial charge in [-0.05, 0) is 36.2 Å². The summed E-state index contributed by atoms with van der Waals surface area (Å²) in [6.45, 7) is 3.66. The van der Waals surface area contributed by atoms with E-state index in [0.29, 0.717) is 11.7 Å². The molecule has 9 heteroatoms. The maximum absolute atomic E-state index is 12.4. The van der Waals surface area contributed by atoms with Gasteiger partial charge in [0, 0.05) is 25.4 Å². The minimum atomic E-state index is -0.183. The van der Waals surface area contributed by atoms with Crippen LogP contribution in [0.3, 0.4) is 0 Å². The molecule has 1 aliphatic rings. The second-order valence-corrected chi connectivity index (χ2v) is 6.26. The second kappa shape index (κ2) is 8.23.